The Kier molecular flexibility index (Phi) is 7.03. The number of ether oxygens (including phenoxy) is 1. The highest BCUT2D eigenvalue weighted by Crippen LogP contribution is 2.33. The number of thioether (sulfide) groups is 1. The van der Waals surface area contributed by atoms with Crippen molar-refractivity contribution in [2.24, 2.45) is 0 Å². The molecule has 3 aromatic heterocycles. The minimum absolute atomic E-state index is 0.217. The maximum Gasteiger partial charge on any atom is 0.267 e. The first-order valence-corrected chi connectivity index (χ1v) is 11.4. The standard InChI is InChI=1S/C22H22N4O4S2/c1-2-29-11-6-10-26-21(28)17(32-22(26)31)13-16-19(23-14-15-7-5-12-30-15)24-18-8-3-4-9-25(18)20(16)27/h3-5,7-9,12-13,23H,2,6,10-11,14H2,1H3/b17-13-. The number of hydrogen-bond donors (Lipinski definition) is 1. The highest BCUT2D eigenvalue weighted by atomic mass is 32.2. The van der Waals surface area contributed by atoms with Crippen molar-refractivity contribution >= 4 is 51.7 Å². The molecule has 0 atom stereocenters. The molecule has 0 aromatic carbocycles. The number of nitrogens with zero attached hydrogens (tertiary/aromatic N) is 3. The van der Waals surface area contributed by atoms with E-state index in [-0.39, 0.29) is 17.0 Å². The highest BCUT2D eigenvalue weighted by Gasteiger charge is 2.32. The van der Waals surface area contributed by atoms with Gasteiger partial charge in [0, 0.05) is 26.0 Å². The summed E-state index contributed by atoms with van der Waals surface area (Å²) in [5, 5.41) is 3.16. The van der Waals surface area contributed by atoms with Gasteiger partial charge in [-0.2, -0.15) is 0 Å². The number of pyridine rings is 1. The number of hydrogen-bond acceptors (Lipinski definition) is 8. The first-order chi connectivity index (χ1) is 15.6. The molecule has 8 nitrogen and oxygen atoms in total. The van der Waals surface area contributed by atoms with Gasteiger partial charge in [0.25, 0.3) is 11.5 Å². The summed E-state index contributed by atoms with van der Waals surface area (Å²) in [6.07, 6.45) is 5.49. The zero-order valence-electron chi connectivity index (χ0n) is 17.4. The van der Waals surface area contributed by atoms with Crippen molar-refractivity contribution in [3.8, 4) is 0 Å². The Balaban J connectivity index is 1.66. The number of fused-ring (bicyclic) bond motifs is 1. The van der Waals surface area contributed by atoms with Crippen molar-refractivity contribution in [3.05, 3.63) is 69.4 Å². The number of furan rings is 1. The summed E-state index contributed by atoms with van der Waals surface area (Å²) in [4.78, 5) is 32.7. The zero-order chi connectivity index (χ0) is 22.5. The maximum atomic E-state index is 13.2. The van der Waals surface area contributed by atoms with Crippen LogP contribution in [0, 0.1) is 0 Å². The Hall–Kier alpha value is -2.95. The molecule has 1 fully saturated rings. The van der Waals surface area contributed by atoms with E-state index < -0.39 is 0 Å². The first-order valence-electron chi connectivity index (χ1n) is 10.2. The van der Waals surface area contributed by atoms with Crippen LogP contribution in [0.15, 0.2) is 56.9 Å². The number of anilines is 1. The van der Waals surface area contributed by atoms with E-state index in [2.05, 4.69) is 10.3 Å². The third-order valence-electron chi connectivity index (χ3n) is 4.80. The summed E-state index contributed by atoms with van der Waals surface area (Å²) >= 11 is 6.58. The molecule has 1 saturated heterocycles. The quantitative estimate of drug-likeness (QED) is 0.289. The van der Waals surface area contributed by atoms with Gasteiger partial charge in [-0.15, -0.1) is 0 Å². The molecule has 4 rings (SSSR count). The number of nitrogens with one attached hydrogen (secondary N) is 1. The molecule has 1 N–H and O–H groups in total. The molecule has 1 amide bonds. The fraction of sp³-hybridized carbons (Fsp3) is 0.273. The van der Waals surface area contributed by atoms with Gasteiger partial charge in [-0.1, -0.05) is 30.0 Å². The molecule has 1 aliphatic rings. The van der Waals surface area contributed by atoms with Crippen LogP contribution in [0.1, 0.15) is 24.7 Å². The molecule has 0 bridgehead atoms. The van der Waals surface area contributed by atoms with E-state index in [1.807, 2.05) is 19.1 Å². The van der Waals surface area contributed by atoms with Gasteiger partial charge in [-0.25, -0.2) is 4.98 Å². The van der Waals surface area contributed by atoms with Gasteiger partial charge in [0.2, 0.25) is 0 Å². The average Bonchev–Trinajstić information content (AvgIpc) is 3.41. The van der Waals surface area contributed by atoms with Gasteiger partial charge in [0.05, 0.1) is 23.3 Å². The largest absolute Gasteiger partial charge is 0.467 e. The van der Waals surface area contributed by atoms with E-state index in [0.717, 1.165) is 0 Å². The van der Waals surface area contributed by atoms with Gasteiger partial charge in [0.1, 0.15) is 21.5 Å². The lowest BCUT2D eigenvalue weighted by molar-refractivity contribution is -0.122. The molecule has 0 saturated carbocycles. The summed E-state index contributed by atoms with van der Waals surface area (Å²) in [5.41, 5.74) is 0.509. The lowest BCUT2D eigenvalue weighted by Gasteiger charge is -2.14. The number of amides is 1. The number of thiocarbonyl (C=S) groups is 1. The minimum Gasteiger partial charge on any atom is -0.467 e. The third-order valence-corrected chi connectivity index (χ3v) is 6.18. The van der Waals surface area contributed by atoms with Crippen molar-refractivity contribution in [2.75, 3.05) is 25.1 Å². The van der Waals surface area contributed by atoms with E-state index in [1.54, 1.807) is 41.6 Å². The van der Waals surface area contributed by atoms with Crippen LogP contribution in [0.2, 0.25) is 0 Å². The Morgan fingerprint density at radius 1 is 1.28 bits per heavy atom. The molecule has 0 aliphatic carbocycles. The zero-order valence-corrected chi connectivity index (χ0v) is 19.1. The Morgan fingerprint density at radius 2 is 2.16 bits per heavy atom. The fourth-order valence-corrected chi connectivity index (χ4v) is 4.53. The van der Waals surface area contributed by atoms with Crippen molar-refractivity contribution in [2.45, 2.75) is 19.9 Å². The van der Waals surface area contributed by atoms with Crippen LogP contribution < -0.4 is 10.9 Å². The second kappa shape index (κ2) is 10.1. The van der Waals surface area contributed by atoms with Crippen LogP contribution >= 0.6 is 24.0 Å². The third kappa shape index (κ3) is 4.77. The molecule has 4 heterocycles. The fourth-order valence-electron chi connectivity index (χ4n) is 3.24. The molecular weight excluding hydrogens is 448 g/mol. The highest BCUT2D eigenvalue weighted by molar-refractivity contribution is 8.26. The van der Waals surface area contributed by atoms with Crippen LogP contribution in [0.3, 0.4) is 0 Å². The van der Waals surface area contributed by atoms with Gasteiger partial charge < -0.3 is 14.5 Å². The van der Waals surface area contributed by atoms with Gasteiger partial charge in [-0.05, 0) is 43.7 Å². The van der Waals surface area contributed by atoms with Crippen molar-refractivity contribution in [3.63, 3.8) is 0 Å². The van der Waals surface area contributed by atoms with E-state index in [1.165, 1.54) is 16.2 Å². The number of rotatable bonds is 9. The Morgan fingerprint density at radius 3 is 2.94 bits per heavy atom. The smallest absolute Gasteiger partial charge is 0.267 e. The van der Waals surface area contributed by atoms with Crippen molar-refractivity contribution in [1.82, 2.24) is 14.3 Å². The molecule has 166 valence electrons. The van der Waals surface area contributed by atoms with E-state index in [0.29, 0.717) is 59.2 Å². The summed E-state index contributed by atoms with van der Waals surface area (Å²) in [6.45, 7) is 3.94. The van der Waals surface area contributed by atoms with Crippen LogP contribution in [0.4, 0.5) is 5.82 Å². The van der Waals surface area contributed by atoms with Gasteiger partial charge in [-0.3, -0.25) is 18.9 Å². The van der Waals surface area contributed by atoms with E-state index >= 15 is 0 Å². The molecular formula is C22H22N4O4S2. The Bertz CT molecular complexity index is 1220. The average molecular weight is 471 g/mol. The van der Waals surface area contributed by atoms with Crippen LogP contribution in [-0.4, -0.2) is 44.3 Å². The Labute approximate surface area is 194 Å². The van der Waals surface area contributed by atoms with Crippen molar-refractivity contribution < 1.29 is 13.9 Å². The summed E-state index contributed by atoms with van der Waals surface area (Å²) in [5.74, 6) is 0.858. The van der Waals surface area contributed by atoms with Gasteiger partial charge >= 0.3 is 0 Å². The predicted octanol–water partition coefficient (Wildman–Crippen LogP) is 3.53. The van der Waals surface area contributed by atoms with Crippen molar-refractivity contribution in [1.29, 1.82) is 0 Å². The summed E-state index contributed by atoms with van der Waals surface area (Å²) in [6, 6.07) is 8.94. The second-order valence-electron chi connectivity index (χ2n) is 6.92. The van der Waals surface area contributed by atoms with Crippen LogP contribution in [0.25, 0.3) is 11.7 Å². The SMILES string of the molecule is CCOCCCN1C(=O)/C(=C/c2c(NCc3ccco3)nc3ccccn3c2=O)SC1=S. The first kappa shape index (κ1) is 22.3. The maximum absolute atomic E-state index is 13.2. The molecule has 0 radical (unpaired) electrons. The molecule has 3 aromatic rings. The number of aromatic nitrogens is 2. The van der Waals surface area contributed by atoms with Crippen LogP contribution in [-0.2, 0) is 16.1 Å². The molecule has 1 aliphatic heterocycles. The monoisotopic (exact) mass is 470 g/mol. The molecule has 0 unspecified atom stereocenters. The topological polar surface area (TPSA) is 89.1 Å². The normalized spacial score (nSPS) is 15.3. The predicted molar refractivity (Wildman–Crippen MR) is 128 cm³/mol. The van der Waals surface area contributed by atoms with E-state index in [9.17, 15) is 9.59 Å². The molecule has 0 spiro atoms. The lowest BCUT2D eigenvalue weighted by atomic mass is 10.2. The second-order valence-corrected chi connectivity index (χ2v) is 8.60. The van der Waals surface area contributed by atoms with E-state index in [4.69, 9.17) is 21.4 Å². The number of carbonyl (C=O) groups excluding carboxylic acids is 1. The minimum atomic E-state index is -0.279. The lowest BCUT2D eigenvalue weighted by Crippen LogP contribution is -2.29. The molecule has 10 heteroatoms. The summed E-state index contributed by atoms with van der Waals surface area (Å²) < 4.78 is 12.6. The molecule has 32 heavy (non-hydrogen) atoms. The van der Waals surface area contributed by atoms with Gasteiger partial charge in [0.15, 0.2) is 0 Å². The number of carbonyl (C=O) groups is 1. The summed E-state index contributed by atoms with van der Waals surface area (Å²) in [7, 11) is 0. The van der Waals surface area contributed by atoms with Crippen LogP contribution in [0.5, 0.6) is 0 Å².